The first-order valence-electron chi connectivity index (χ1n) is 6.99. The van der Waals surface area contributed by atoms with Crippen LogP contribution < -0.4 is 15.5 Å². The van der Waals surface area contributed by atoms with Crippen molar-refractivity contribution in [2.45, 2.75) is 11.3 Å². The first-order valence-corrected chi connectivity index (χ1v) is 8.68. The Bertz CT molecular complexity index is 827. The van der Waals surface area contributed by atoms with E-state index in [1.54, 1.807) is 12.1 Å². The maximum Gasteiger partial charge on any atom is 0.259 e. The van der Waals surface area contributed by atoms with Gasteiger partial charge in [-0.05, 0) is 23.8 Å². The van der Waals surface area contributed by atoms with Crippen LogP contribution >= 0.6 is 34.5 Å². The Morgan fingerprint density at radius 3 is 2.88 bits per heavy atom. The lowest BCUT2D eigenvalue weighted by atomic mass is 10.2. The summed E-state index contributed by atoms with van der Waals surface area (Å²) >= 11 is 11.8. The molecule has 0 aliphatic heterocycles. The molecule has 0 bridgehead atoms. The number of halogens is 2. The number of phenolic OH excluding ortho intramolecular Hbond substituents is 1. The molecule has 0 unspecified atom stereocenters. The zero-order valence-electron chi connectivity index (χ0n) is 13.3. The third kappa shape index (κ3) is 5.83. The number of ether oxygens (including phenoxy) is 1. The number of rotatable bonds is 7. The molecule has 2 rings (SSSR count). The molecule has 26 heavy (non-hydrogen) atoms. The van der Waals surface area contributed by atoms with E-state index in [1.165, 1.54) is 19.4 Å². The van der Waals surface area contributed by atoms with Gasteiger partial charge in [0.05, 0.1) is 19.7 Å². The predicted molar refractivity (Wildman–Crippen MR) is 98.1 cm³/mol. The van der Waals surface area contributed by atoms with Crippen LogP contribution in [0.2, 0.25) is 0 Å². The summed E-state index contributed by atoms with van der Waals surface area (Å²) in [6.45, 7) is 0. The Morgan fingerprint density at radius 1 is 1.42 bits per heavy atom. The molecule has 12 heteroatoms. The van der Waals surface area contributed by atoms with Crippen LogP contribution in [0.4, 0.5) is 5.13 Å². The molecule has 0 saturated carbocycles. The second-order valence-electron chi connectivity index (χ2n) is 4.69. The SMILES string of the molecule is COc1cc(/C=N\NC(=O)Cc2nnc(NC(=O)C(Cl)Cl)s2)ccc1O. The second kappa shape index (κ2) is 9.32. The number of alkyl halides is 2. The van der Waals surface area contributed by atoms with Gasteiger partial charge < -0.3 is 9.84 Å². The number of nitrogens with zero attached hydrogens (tertiary/aromatic N) is 3. The normalized spacial score (nSPS) is 10.9. The monoisotopic (exact) mass is 417 g/mol. The second-order valence-corrected chi connectivity index (χ2v) is 6.85. The van der Waals surface area contributed by atoms with Gasteiger partial charge in [0, 0.05) is 0 Å². The summed E-state index contributed by atoms with van der Waals surface area (Å²) in [4.78, 5) is 21.9. The van der Waals surface area contributed by atoms with Crippen LogP contribution in [0.5, 0.6) is 11.5 Å². The average molecular weight is 418 g/mol. The van der Waals surface area contributed by atoms with Crippen molar-refractivity contribution in [1.29, 1.82) is 0 Å². The Kier molecular flexibility index (Phi) is 7.13. The minimum absolute atomic E-state index is 0.00232. The van der Waals surface area contributed by atoms with Gasteiger partial charge in [-0.2, -0.15) is 5.10 Å². The first kappa shape index (κ1) is 19.9. The number of anilines is 1. The predicted octanol–water partition coefficient (Wildman–Crippen LogP) is 1.69. The zero-order chi connectivity index (χ0) is 19.1. The molecule has 1 heterocycles. The van der Waals surface area contributed by atoms with E-state index in [0.717, 1.165) is 11.3 Å². The van der Waals surface area contributed by atoms with Crippen LogP contribution in [0.3, 0.4) is 0 Å². The quantitative estimate of drug-likeness (QED) is 0.357. The number of hydrogen-bond donors (Lipinski definition) is 3. The molecule has 0 spiro atoms. The smallest absolute Gasteiger partial charge is 0.259 e. The zero-order valence-corrected chi connectivity index (χ0v) is 15.6. The lowest BCUT2D eigenvalue weighted by Crippen LogP contribution is -2.19. The largest absolute Gasteiger partial charge is 0.504 e. The van der Waals surface area contributed by atoms with Crippen LogP contribution in [0.15, 0.2) is 23.3 Å². The van der Waals surface area contributed by atoms with Gasteiger partial charge in [-0.25, -0.2) is 5.43 Å². The van der Waals surface area contributed by atoms with Crippen molar-refractivity contribution in [3.63, 3.8) is 0 Å². The highest BCUT2D eigenvalue weighted by molar-refractivity contribution is 7.15. The summed E-state index contributed by atoms with van der Waals surface area (Å²) in [5.41, 5.74) is 2.96. The number of hydrazone groups is 1. The van der Waals surface area contributed by atoms with Gasteiger partial charge in [-0.3, -0.25) is 14.9 Å². The third-order valence-electron chi connectivity index (χ3n) is 2.81. The van der Waals surface area contributed by atoms with E-state index in [9.17, 15) is 14.7 Å². The van der Waals surface area contributed by atoms with Crippen molar-refractivity contribution in [2.75, 3.05) is 12.4 Å². The Balaban J connectivity index is 1.87. The van der Waals surface area contributed by atoms with Gasteiger partial charge in [-0.15, -0.1) is 10.2 Å². The molecule has 0 radical (unpaired) electrons. The Hall–Kier alpha value is -2.43. The van der Waals surface area contributed by atoms with Gasteiger partial charge in [-0.1, -0.05) is 34.5 Å². The van der Waals surface area contributed by atoms with Crippen molar-refractivity contribution >= 4 is 57.7 Å². The van der Waals surface area contributed by atoms with E-state index in [2.05, 4.69) is 26.0 Å². The number of benzene rings is 1. The highest BCUT2D eigenvalue weighted by atomic mass is 35.5. The highest BCUT2D eigenvalue weighted by Crippen LogP contribution is 2.25. The molecule has 3 N–H and O–H groups in total. The summed E-state index contributed by atoms with van der Waals surface area (Å²) in [5.74, 6) is -0.759. The number of carbonyl (C=O) groups excluding carboxylic acids is 2. The van der Waals surface area contributed by atoms with Gasteiger partial charge >= 0.3 is 0 Å². The Labute approximate surface area is 162 Å². The fourth-order valence-electron chi connectivity index (χ4n) is 1.67. The molecule has 0 aliphatic carbocycles. The minimum Gasteiger partial charge on any atom is -0.504 e. The van der Waals surface area contributed by atoms with E-state index in [1.807, 2.05) is 0 Å². The molecule has 9 nitrogen and oxygen atoms in total. The van der Waals surface area contributed by atoms with Crippen LogP contribution in [0, 0.1) is 0 Å². The molecular formula is C14H13Cl2N5O4S. The number of phenols is 1. The van der Waals surface area contributed by atoms with Crippen molar-refractivity contribution in [3.05, 3.63) is 28.8 Å². The Morgan fingerprint density at radius 2 is 2.19 bits per heavy atom. The number of nitrogens with one attached hydrogen (secondary N) is 2. The van der Waals surface area contributed by atoms with Crippen molar-refractivity contribution < 1.29 is 19.4 Å². The van der Waals surface area contributed by atoms with E-state index in [4.69, 9.17) is 27.9 Å². The molecule has 1 aromatic heterocycles. The molecular weight excluding hydrogens is 405 g/mol. The molecule has 0 aliphatic rings. The number of methoxy groups -OCH3 is 1. The molecule has 138 valence electrons. The summed E-state index contributed by atoms with van der Waals surface area (Å²) in [6.07, 6.45) is 1.32. The van der Waals surface area contributed by atoms with E-state index in [0.29, 0.717) is 16.3 Å². The minimum atomic E-state index is -1.22. The van der Waals surface area contributed by atoms with Gasteiger partial charge in [0.2, 0.25) is 11.0 Å². The van der Waals surface area contributed by atoms with Crippen LogP contribution in [0.25, 0.3) is 0 Å². The maximum atomic E-state index is 11.8. The van der Waals surface area contributed by atoms with Gasteiger partial charge in [0.25, 0.3) is 5.91 Å². The van der Waals surface area contributed by atoms with Crippen LogP contribution in [-0.4, -0.2) is 45.3 Å². The first-order chi connectivity index (χ1) is 12.4. The lowest BCUT2D eigenvalue weighted by Gasteiger charge is -2.03. The summed E-state index contributed by atoms with van der Waals surface area (Å²) in [6, 6.07) is 4.62. The molecule has 0 fully saturated rings. The number of carbonyl (C=O) groups is 2. The fourth-order valence-corrected chi connectivity index (χ4v) is 2.52. The van der Waals surface area contributed by atoms with E-state index >= 15 is 0 Å². The molecule has 1 aromatic carbocycles. The third-order valence-corrected chi connectivity index (χ3v) is 4.05. The van der Waals surface area contributed by atoms with Crippen molar-refractivity contribution in [3.8, 4) is 11.5 Å². The van der Waals surface area contributed by atoms with Gasteiger partial charge in [0.1, 0.15) is 5.01 Å². The van der Waals surface area contributed by atoms with Crippen molar-refractivity contribution in [1.82, 2.24) is 15.6 Å². The highest BCUT2D eigenvalue weighted by Gasteiger charge is 2.15. The number of aromatic nitrogens is 2. The van der Waals surface area contributed by atoms with Crippen molar-refractivity contribution in [2.24, 2.45) is 5.10 Å². The maximum absolute atomic E-state index is 11.8. The van der Waals surface area contributed by atoms with E-state index < -0.39 is 16.7 Å². The topological polar surface area (TPSA) is 126 Å². The summed E-state index contributed by atoms with van der Waals surface area (Å²) < 4.78 is 4.98. The molecule has 2 amide bonds. The number of hydrogen-bond acceptors (Lipinski definition) is 8. The summed E-state index contributed by atoms with van der Waals surface area (Å²) in [5, 5.41) is 23.7. The number of aromatic hydroxyl groups is 1. The summed E-state index contributed by atoms with van der Waals surface area (Å²) in [7, 11) is 1.43. The molecule has 0 atom stereocenters. The molecule has 2 aromatic rings. The average Bonchev–Trinajstić information content (AvgIpc) is 3.03. The van der Waals surface area contributed by atoms with Crippen LogP contribution in [0.1, 0.15) is 10.6 Å². The lowest BCUT2D eigenvalue weighted by molar-refractivity contribution is -0.120. The van der Waals surface area contributed by atoms with Gasteiger partial charge in [0.15, 0.2) is 16.3 Å². The number of amides is 2. The fraction of sp³-hybridized carbons (Fsp3) is 0.214. The molecule has 0 saturated heterocycles. The standard InChI is InChI=1S/C14H13Cl2N5O4S/c1-25-9-4-7(2-3-8(9)22)6-17-19-10(23)5-11-20-21-14(26-11)18-13(24)12(15)16/h2-4,6,12,22H,5H2,1H3,(H,19,23)(H,18,21,24)/b17-6-. The van der Waals surface area contributed by atoms with E-state index in [-0.39, 0.29) is 17.3 Å². The van der Waals surface area contributed by atoms with Crippen LogP contribution in [-0.2, 0) is 16.0 Å².